The molecule has 8 nitrogen and oxygen atoms in total. The van der Waals surface area contributed by atoms with Gasteiger partial charge in [-0.15, -0.1) is 11.3 Å². The first kappa shape index (κ1) is 21.0. The van der Waals surface area contributed by atoms with E-state index in [1.807, 2.05) is 24.3 Å². The molecular formula is C23H27N5O3S. The van der Waals surface area contributed by atoms with Crippen LogP contribution in [-0.4, -0.2) is 62.8 Å². The molecule has 3 aromatic rings. The molecule has 0 spiro atoms. The van der Waals surface area contributed by atoms with E-state index in [0.29, 0.717) is 29.5 Å². The van der Waals surface area contributed by atoms with Crippen LogP contribution in [0.1, 0.15) is 20.8 Å². The molecule has 1 saturated heterocycles. The first-order chi connectivity index (χ1) is 15.5. The lowest BCUT2D eigenvalue weighted by molar-refractivity contribution is 0.103. The van der Waals surface area contributed by atoms with Crippen molar-refractivity contribution in [3.63, 3.8) is 0 Å². The lowest BCUT2D eigenvalue weighted by atomic mass is 9.96. The third kappa shape index (κ3) is 3.76. The Balaban J connectivity index is 1.55. The largest absolute Gasteiger partial charge is 0.497 e. The van der Waals surface area contributed by atoms with Crippen molar-refractivity contribution in [2.24, 2.45) is 0 Å². The van der Waals surface area contributed by atoms with E-state index in [1.165, 1.54) is 22.5 Å². The van der Waals surface area contributed by atoms with E-state index < -0.39 is 0 Å². The van der Waals surface area contributed by atoms with Crippen LogP contribution in [0.2, 0.25) is 0 Å². The molecule has 1 fully saturated rings. The fourth-order valence-corrected chi connectivity index (χ4v) is 5.43. The number of nitrogens with zero attached hydrogens (tertiary/aromatic N) is 3. The number of likely N-dealkylation sites (N-methyl/N-ethyl adjacent to an activating group) is 1. The molecule has 4 heterocycles. The van der Waals surface area contributed by atoms with Gasteiger partial charge in [0, 0.05) is 42.8 Å². The first-order valence-electron chi connectivity index (χ1n) is 10.8. The summed E-state index contributed by atoms with van der Waals surface area (Å²) >= 11 is 1.37. The average molecular weight is 454 g/mol. The van der Waals surface area contributed by atoms with Crippen LogP contribution >= 0.6 is 11.3 Å². The van der Waals surface area contributed by atoms with Gasteiger partial charge < -0.3 is 30.3 Å². The summed E-state index contributed by atoms with van der Waals surface area (Å²) in [7, 11) is 3.74. The Hall–Kier alpha value is -2.88. The molecule has 5 rings (SSSR count). The van der Waals surface area contributed by atoms with Crippen LogP contribution in [0.5, 0.6) is 5.75 Å². The van der Waals surface area contributed by atoms with Gasteiger partial charge in [-0.1, -0.05) is 0 Å². The van der Waals surface area contributed by atoms with Gasteiger partial charge in [0.1, 0.15) is 21.3 Å². The Morgan fingerprint density at radius 1 is 1.19 bits per heavy atom. The summed E-state index contributed by atoms with van der Waals surface area (Å²) in [6.45, 7) is 4.82. The summed E-state index contributed by atoms with van der Waals surface area (Å²) in [5.74, 6) is 1.52. The van der Waals surface area contributed by atoms with Crippen LogP contribution in [-0.2, 0) is 17.7 Å². The number of nitrogens with one attached hydrogen (secondary N) is 1. The van der Waals surface area contributed by atoms with E-state index in [4.69, 9.17) is 20.2 Å². The highest BCUT2D eigenvalue weighted by Crippen LogP contribution is 2.41. The SMILES string of the molecule is COc1ccc(NC(=O)c2sc3nc(N4CCOCC4)c4c(c3c2N)CCN(C)C4)cc1. The molecule has 0 saturated carbocycles. The minimum Gasteiger partial charge on any atom is -0.497 e. The van der Waals surface area contributed by atoms with E-state index >= 15 is 0 Å². The average Bonchev–Trinajstić information content (AvgIpc) is 3.16. The van der Waals surface area contributed by atoms with Crippen LogP contribution in [0.15, 0.2) is 24.3 Å². The Morgan fingerprint density at radius 2 is 1.94 bits per heavy atom. The van der Waals surface area contributed by atoms with Gasteiger partial charge in [0.2, 0.25) is 0 Å². The van der Waals surface area contributed by atoms with Crippen LogP contribution < -0.4 is 20.7 Å². The fraction of sp³-hybridized carbons (Fsp3) is 0.391. The molecule has 0 unspecified atom stereocenters. The molecule has 2 aliphatic heterocycles. The lowest BCUT2D eigenvalue weighted by Crippen LogP contribution is -2.39. The number of nitrogen functional groups attached to an aromatic ring is 1. The van der Waals surface area contributed by atoms with Crippen LogP contribution in [0.4, 0.5) is 17.2 Å². The standard InChI is InChI=1S/C23H27N5O3S/c1-27-8-7-16-17(13-27)21(28-9-11-31-12-10-28)26-23-18(16)19(24)20(32-23)22(29)25-14-3-5-15(30-2)6-4-14/h3-6H,7-13,24H2,1-2H3,(H,25,29). The number of carbonyl (C=O) groups is 1. The summed E-state index contributed by atoms with van der Waals surface area (Å²) < 4.78 is 10.7. The lowest BCUT2D eigenvalue weighted by Gasteiger charge is -2.33. The quantitative estimate of drug-likeness (QED) is 0.627. The Kier molecular flexibility index (Phi) is 5.62. The summed E-state index contributed by atoms with van der Waals surface area (Å²) in [5, 5.41) is 3.89. The molecule has 2 aromatic heterocycles. The van der Waals surface area contributed by atoms with Crippen molar-refractivity contribution in [1.29, 1.82) is 0 Å². The Labute approximate surface area is 190 Å². The van der Waals surface area contributed by atoms with Crippen molar-refractivity contribution in [1.82, 2.24) is 9.88 Å². The number of pyridine rings is 1. The molecule has 0 bridgehead atoms. The molecule has 3 N–H and O–H groups in total. The summed E-state index contributed by atoms with van der Waals surface area (Å²) in [6, 6.07) is 7.25. The van der Waals surface area contributed by atoms with E-state index in [2.05, 4.69) is 22.2 Å². The smallest absolute Gasteiger partial charge is 0.267 e. The third-order valence-corrected chi connectivity index (χ3v) is 7.20. The number of fused-ring (bicyclic) bond motifs is 3. The number of hydrogen-bond acceptors (Lipinski definition) is 8. The molecule has 1 aromatic carbocycles. The topological polar surface area (TPSA) is 92.9 Å². The second-order valence-electron chi connectivity index (χ2n) is 8.19. The summed E-state index contributed by atoms with van der Waals surface area (Å²) in [5.41, 5.74) is 10.2. The third-order valence-electron chi connectivity index (χ3n) is 6.11. The molecule has 168 valence electrons. The number of carbonyl (C=O) groups excluding carboxylic acids is 1. The van der Waals surface area contributed by atoms with Gasteiger partial charge >= 0.3 is 0 Å². The second kappa shape index (κ2) is 8.57. The highest BCUT2D eigenvalue weighted by atomic mass is 32.1. The Bertz CT molecular complexity index is 1150. The predicted octanol–water partition coefficient (Wildman–Crippen LogP) is 2.96. The highest BCUT2D eigenvalue weighted by molar-refractivity contribution is 7.21. The number of thiophene rings is 1. The van der Waals surface area contributed by atoms with Crippen molar-refractivity contribution in [3.8, 4) is 5.75 Å². The van der Waals surface area contributed by atoms with Gasteiger partial charge in [0.25, 0.3) is 5.91 Å². The van der Waals surface area contributed by atoms with E-state index in [9.17, 15) is 4.79 Å². The molecule has 0 atom stereocenters. The van der Waals surface area contributed by atoms with Crippen molar-refractivity contribution in [2.45, 2.75) is 13.0 Å². The number of aromatic nitrogens is 1. The highest BCUT2D eigenvalue weighted by Gasteiger charge is 2.29. The van der Waals surface area contributed by atoms with Gasteiger partial charge in [-0.3, -0.25) is 4.79 Å². The molecule has 9 heteroatoms. The predicted molar refractivity (Wildman–Crippen MR) is 128 cm³/mol. The molecule has 0 radical (unpaired) electrons. The molecular weight excluding hydrogens is 426 g/mol. The zero-order chi connectivity index (χ0) is 22.2. The first-order valence-corrected chi connectivity index (χ1v) is 11.6. The number of methoxy groups -OCH3 is 1. The zero-order valence-electron chi connectivity index (χ0n) is 18.3. The molecule has 32 heavy (non-hydrogen) atoms. The normalized spacial score (nSPS) is 16.8. The number of rotatable bonds is 4. The van der Waals surface area contributed by atoms with Crippen LogP contribution in [0.3, 0.4) is 0 Å². The number of nitrogens with two attached hydrogens (primary N) is 1. The monoisotopic (exact) mass is 453 g/mol. The number of morpholine rings is 1. The van der Waals surface area contributed by atoms with E-state index in [1.54, 1.807) is 7.11 Å². The molecule has 2 aliphatic rings. The number of hydrogen-bond donors (Lipinski definition) is 2. The number of anilines is 3. The van der Waals surface area contributed by atoms with Crippen LogP contribution in [0, 0.1) is 0 Å². The molecule has 1 amide bonds. The van der Waals surface area contributed by atoms with Gasteiger partial charge in [0.05, 0.1) is 26.0 Å². The Morgan fingerprint density at radius 3 is 2.66 bits per heavy atom. The number of ether oxygens (including phenoxy) is 2. The van der Waals surface area contributed by atoms with E-state index in [0.717, 1.165) is 54.4 Å². The van der Waals surface area contributed by atoms with Crippen molar-refractivity contribution in [2.75, 3.05) is 63.0 Å². The minimum atomic E-state index is -0.217. The molecule has 0 aliphatic carbocycles. The van der Waals surface area contributed by atoms with Crippen molar-refractivity contribution >= 4 is 44.7 Å². The summed E-state index contributed by atoms with van der Waals surface area (Å²) in [4.78, 5) is 24.1. The summed E-state index contributed by atoms with van der Waals surface area (Å²) in [6.07, 6.45) is 0.892. The maximum atomic E-state index is 13.1. The van der Waals surface area contributed by atoms with Gasteiger partial charge in [0.15, 0.2) is 0 Å². The second-order valence-corrected chi connectivity index (χ2v) is 9.19. The van der Waals surface area contributed by atoms with Gasteiger partial charge in [-0.25, -0.2) is 4.98 Å². The van der Waals surface area contributed by atoms with Crippen molar-refractivity contribution in [3.05, 3.63) is 40.3 Å². The van der Waals surface area contributed by atoms with Gasteiger partial charge in [-0.05, 0) is 43.3 Å². The maximum absolute atomic E-state index is 13.1. The van der Waals surface area contributed by atoms with E-state index in [-0.39, 0.29) is 5.91 Å². The minimum absolute atomic E-state index is 0.217. The maximum Gasteiger partial charge on any atom is 0.267 e. The van der Waals surface area contributed by atoms with Crippen molar-refractivity contribution < 1.29 is 14.3 Å². The van der Waals surface area contributed by atoms with Crippen LogP contribution in [0.25, 0.3) is 10.2 Å². The number of benzene rings is 1. The zero-order valence-corrected chi connectivity index (χ0v) is 19.1. The fourth-order valence-electron chi connectivity index (χ4n) is 4.41. The number of amides is 1. The van der Waals surface area contributed by atoms with Gasteiger partial charge in [-0.2, -0.15) is 0 Å².